The highest BCUT2D eigenvalue weighted by Crippen LogP contribution is 2.24. The van der Waals surface area contributed by atoms with Gasteiger partial charge in [0, 0.05) is 17.8 Å². The molecule has 21 heavy (non-hydrogen) atoms. The Morgan fingerprint density at radius 2 is 2.19 bits per heavy atom. The van der Waals surface area contributed by atoms with Crippen molar-refractivity contribution in [3.63, 3.8) is 0 Å². The molecule has 0 aliphatic carbocycles. The van der Waals surface area contributed by atoms with Gasteiger partial charge in [0.15, 0.2) is 0 Å². The van der Waals surface area contributed by atoms with Crippen molar-refractivity contribution in [1.82, 2.24) is 15.3 Å². The maximum absolute atomic E-state index is 12.0. The van der Waals surface area contributed by atoms with Crippen molar-refractivity contribution in [2.75, 3.05) is 5.43 Å². The summed E-state index contributed by atoms with van der Waals surface area (Å²) in [5.74, 6) is 4.74. The molecule has 0 saturated heterocycles. The van der Waals surface area contributed by atoms with Crippen LogP contribution in [0.2, 0.25) is 0 Å². The minimum atomic E-state index is -0.615. The van der Waals surface area contributed by atoms with Gasteiger partial charge in [-0.05, 0) is 18.2 Å². The molecule has 1 aromatic carbocycles. The quantitative estimate of drug-likeness (QED) is 0.416. The standard InChI is InChI=1S/C12H12N6O3/c13-17-10-2-1-8(5-11(10)18(20)21)12(19)15-6-9-3-4-14-7-16-9/h1-5,7,17H,6,13H2,(H,15,19). The molecule has 2 aromatic rings. The summed E-state index contributed by atoms with van der Waals surface area (Å²) in [6, 6.07) is 5.63. The SMILES string of the molecule is NNc1ccc(C(=O)NCc2ccncn2)cc1[N+](=O)[O-]. The zero-order chi connectivity index (χ0) is 15.2. The van der Waals surface area contributed by atoms with Crippen molar-refractivity contribution in [2.24, 2.45) is 5.84 Å². The Kier molecular flexibility index (Phi) is 4.36. The Labute approximate surface area is 119 Å². The first-order chi connectivity index (χ1) is 10.1. The average molecular weight is 288 g/mol. The van der Waals surface area contributed by atoms with Gasteiger partial charge < -0.3 is 10.7 Å². The second-order valence-corrected chi connectivity index (χ2v) is 4.02. The first kappa shape index (κ1) is 14.3. The van der Waals surface area contributed by atoms with Gasteiger partial charge >= 0.3 is 0 Å². The summed E-state index contributed by atoms with van der Waals surface area (Å²) in [6.07, 6.45) is 2.93. The lowest BCUT2D eigenvalue weighted by Crippen LogP contribution is -2.23. The van der Waals surface area contributed by atoms with Gasteiger partial charge in [-0.25, -0.2) is 9.97 Å². The third-order valence-corrected chi connectivity index (χ3v) is 2.69. The third-order valence-electron chi connectivity index (χ3n) is 2.69. The number of nitro groups is 1. The smallest absolute Gasteiger partial charge is 0.294 e. The van der Waals surface area contributed by atoms with E-state index in [1.54, 1.807) is 12.3 Å². The molecule has 0 aliphatic heterocycles. The predicted molar refractivity (Wildman–Crippen MR) is 74.1 cm³/mol. The number of rotatable bonds is 5. The number of nitro benzene ring substituents is 1. The van der Waals surface area contributed by atoms with Crippen LogP contribution in [0.3, 0.4) is 0 Å². The van der Waals surface area contributed by atoms with Crippen LogP contribution in [0, 0.1) is 10.1 Å². The summed E-state index contributed by atoms with van der Waals surface area (Å²) >= 11 is 0. The van der Waals surface area contributed by atoms with Crippen LogP contribution in [0.15, 0.2) is 36.8 Å². The van der Waals surface area contributed by atoms with Crippen LogP contribution < -0.4 is 16.6 Å². The topological polar surface area (TPSA) is 136 Å². The van der Waals surface area contributed by atoms with Crippen LogP contribution in [0.4, 0.5) is 11.4 Å². The first-order valence-corrected chi connectivity index (χ1v) is 5.90. The number of anilines is 1. The Bertz CT molecular complexity index is 661. The largest absolute Gasteiger partial charge is 0.346 e. The zero-order valence-electron chi connectivity index (χ0n) is 10.8. The molecule has 9 heteroatoms. The molecule has 0 bridgehead atoms. The zero-order valence-corrected chi connectivity index (χ0v) is 10.8. The van der Waals surface area contributed by atoms with E-state index >= 15 is 0 Å². The lowest BCUT2D eigenvalue weighted by molar-refractivity contribution is -0.384. The molecule has 1 amide bonds. The molecular weight excluding hydrogens is 276 g/mol. The second-order valence-electron chi connectivity index (χ2n) is 4.02. The number of aromatic nitrogens is 2. The number of amides is 1. The summed E-state index contributed by atoms with van der Waals surface area (Å²) in [4.78, 5) is 30.0. The van der Waals surface area contributed by atoms with E-state index < -0.39 is 10.8 Å². The molecule has 2 rings (SSSR count). The van der Waals surface area contributed by atoms with Gasteiger partial charge in [-0.15, -0.1) is 0 Å². The van der Waals surface area contributed by atoms with Gasteiger partial charge in [0.1, 0.15) is 12.0 Å². The van der Waals surface area contributed by atoms with Crippen molar-refractivity contribution < 1.29 is 9.72 Å². The number of nitrogens with two attached hydrogens (primary N) is 1. The van der Waals surface area contributed by atoms with Crippen molar-refractivity contribution >= 4 is 17.3 Å². The molecule has 1 aromatic heterocycles. The van der Waals surface area contributed by atoms with Crippen molar-refractivity contribution in [1.29, 1.82) is 0 Å². The molecule has 0 unspecified atom stereocenters. The molecule has 108 valence electrons. The molecule has 0 atom stereocenters. The molecule has 0 fully saturated rings. The number of nitrogen functional groups attached to an aromatic ring is 1. The normalized spacial score (nSPS) is 9.95. The first-order valence-electron chi connectivity index (χ1n) is 5.90. The van der Waals surface area contributed by atoms with Gasteiger partial charge in [0.05, 0.1) is 17.2 Å². The van der Waals surface area contributed by atoms with E-state index in [1.165, 1.54) is 18.5 Å². The van der Waals surface area contributed by atoms with E-state index in [0.717, 1.165) is 6.07 Å². The lowest BCUT2D eigenvalue weighted by atomic mass is 10.1. The van der Waals surface area contributed by atoms with Crippen LogP contribution >= 0.6 is 0 Å². The van der Waals surface area contributed by atoms with Crippen LogP contribution in [0.1, 0.15) is 16.1 Å². The summed E-state index contributed by atoms with van der Waals surface area (Å²) < 4.78 is 0. The van der Waals surface area contributed by atoms with Crippen LogP contribution in [0.25, 0.3) is 0 Å². The molecule has 0 radical (unpaired) electrons. The predicted octanol–water partition coefficient (Wildman–Crippen LogP) is 0.600. The molecule has 1 heterocycles. The molecule has 9 nitrogen and oxygen atoms in total. The van der Waals surface area contributed by atoms with E-state index in [9.17, 15) is 14.9 Å². The maximum atomic E-state index is 12.0. The summed E-state index contributed by atoms with van der Waals surface area (Å²) in [7, 11) is 0. The second kappa shape index (κ2) is 6.39. The highest BCUT2D eigenvalue weighted by atomic mass is 16.6. The minimum Gasteiger partial charge on any atom is -0.346 e. The van der Waals surface area contributed by atoms with E-state index in [-0.39, 0.29) is 23.5 Å². The number of nitrogens with one attached hydrogen (secondary N) is 2. The van der Waals surface area contributed by atoms with E-state index in [2.05, 4.69) is 20.7 Å². The molecule has 0 saturated carbocycles. The minimum absolute atomic E-state index is 0.132. The monoisotopic (exact) mass is 288 g/mol. The van der Waals surface area contributed by atoms with Crippen LogP contribution in [-0.4, -0.2) is 20.8 Å². The molecule has 4 N–H and O–H groups in total. The van der Waals surface area contributed by atoms with Crippen molar-refractivity contribution in [2.45, 2.75) is 6.54 Å². The van der Waals surface area contributed by atoms with Gasteiger partial charge in [-0.2, -0.15) is 0 Å². The number of carbonyl (C=O) groups is 1. The van der Waals surface area contributed by atoms with E-state index in [4.69, 9.17) is 5.84 Å². The van der Waals surface area contributed by atoms with Gasteiger partial charge in [0.2, 0.25) is 0 Å². The summed E-state index contributed by atoms with van der Waals surface area (Å²) in [6.45, 7) is 0.200. The number of nitrogens with zero attached hydrogens (tertiary/aromatic N) is 3. The molecule has 0 aliphatic rings. The van der Waals surface area contributed by atoms with Crippen LogP contribution in [-0.2, 0) is 6.54 Å². The number of hydrogen-bond donors (Lipinski definition) is 3. The summed E-state index contributed by atoms with van der Waals surface area (Å²) in [5, 5.41) is 13.5. The van der Waals surface area contributed by atoms with E-state index in [0.29, 0.717) is 5.69 Å². The third kappa shape index (κ3) is 3.48. The van der Waals surface area contributed by atoms with Crippen molar-refractivity contribution in [3.8, 4) is 0 Å². The summed E-state index contributed by atoms with van der Waals surface area (Å²) in [5.41, 5.74) is 2.87. The fourth-order valence-corrected chi connectivity index (χ4v) is 1.64. The highest BCUT2D eigenvalue weighted by Gasteiger charge is 2.16. The Hall–Kier alpha value is -3.07. The lowest BCUT2D eigenvalue weighted by Gasteiger charge is -2.06. The fraction of sp³-hybridized carbons (Fsp3) is 0.0833. The Morgan fingerprint density at radius 3 is 2.81 bits per heavy atom. The number of benzene rings is 1. The van der Waals surface area contributed by atoms with Crippen LogP contribution in [0.5, 0.6) is 0 Å². The van der Waals surface area contributed by atoms with E-state index in [1.807, 2.05) is 0 Å². The number of carbonyl (C=O) groups excluding carboxylic acids is 1. The van der Waals surface area contributed by atoms with Crippen molar-refractivity contribution in [3.05, 3.63) is 58.2 Å². The molecular formula is C12H12N6O3. The highest BCUT2D eigenvalue weighted by molar-refractivity contribution is 5.95. The van der Waals surface area contributed by atoms with Gasteiger partial charge in [-0.3, -0.25) is 20.8 Å². The maximum Gasteiger partial charge on any atom is 0.294 e. The molecule has 0 spiro atoms. The number of hydrazine groups is 1. The fourth-order valence-electron chi connectivity index (χ4n) is 1.64. The average Bonchev–Trinajstić information content (AvgIpc) is 2.52. The number of hydrogen-bond acceptors (Lipinski definition) is 7. The Balaban J connectivity index is 2.12. The Morgan fingerprint density at radius 1 is 1.38 bits per heavy atom. The van der Waals surface area contributed by atoms with Gasteiger partial charge in [-0.1, -0.05) is 0 Å². The van der Waals surface area contributed by atoms with Gasteiger partial charge in [0.25, 0.3) is 11.6 Å².